The topological polar surface area (TPSA) is 36.4 Å². The molecule has 1 aromatic heterocycles. The molecule has 0 saturated carbocycles. The van der Waals surface area contributed by atoms with E-state index in [0.717, 1.165) is 32.4 Å². The quantitative estimate of drug-likeness (QED) is 0.892. The SMILES string of the molecule is CCCc1nc(CN2CCCC2C(C)(C)O)cs1. The third kappa shape index (κ3) is 3.31. The molecule has 3 nitrogen and oxygen atoms in total. The van der Waals surface area contributed by atoms with E-state index < -0.39 is 5.60 Å². The highest BCUT2D eigenvalue weighted by Gasteiger charge is 2.35. The van der Waals surface area contributed by atoms with Crippen molar-refractivity contribution >= 4 is 11.3 Å². The van der Waals surface area contributed by atoms with Crippen molar-refractivity contribution in [3.63, 3.8) is 0 Å². The van der Waals surface area contributed by atoms with Gasteiger partial charge in [-0.1, -0.05) is 6.92 Å². The summed E-state index contributed by atoms with van der Waals surface area (Å²) < 4.78 is 0. The summed E-state index contributed by atoms with van der Waals surface area (Å²) in [4.78, 5) is 7.05. The van der Waals surface area contributed by atoms with Crippen LogP contribution in [0.2, 0.25) is 0 Å². The van der Waals surface area contributed by atoms with Crippen LogP contribution < -0.4 is 0 Å². The van der Waals surface area contributed by atoms with Crippen LogP contribution in [0.25, 0.3) is 0 Å². The Bertz CT molecular complexity index is 383. The summed E-state index contributed by atoms with van der Waals surface area (Å²) in [6.07, 6.45) is 4.51. The third-order valence-electron chi connectivity index (χ3n) is 3.61. The number of rotatable bonds is 5. The van der Waals surface area contributed by atoms with E-state index in [1.165, 1.54) is 17.1 Å². The van der Waals surface area contributed by atoms with Crippen molar-refractivity contribution in [2.24, 2.45) is 0 Å². The van der Waals surface area contributed by atoms with Crippen LogP contribution in [0.15, 0.2) is 5.38 Å². The Labute approximate surface area is 114 Å². The number of nitrogens with zero attached hydrogens (tertiary/aromatic N) is 2. The number of aliphatic hydroxyl groups is 1. The minimum absolute atomic E-state index is 0.272. The Morgan fingerprint density at radius 2 is 2.33 bits per heavy atom. The maximum absolute atomic E-state index is 10.2. The molecule has 0 bridgehead atoms. The molecule has 1 unspecified atom stereocenters. The molecule has 0 spiro atoms. The van der Waals surface area contributed by atoms with Crippen LogP contribution >= 0.6 is 11.3 Å². The smallest absolute Gasteiger partial charge is 0.0928 e. The molecule has 1 aliphatic heterocycles. The molecule has 2 heterocycles. The van der Waals surface area contributed by atoms with Gasteiger partial charge in [0.05, 0.1) is 16.3 Å². The molecular formula is C14H24N2OS. The summed E-state index contributed by atoms with van der Waals surface area (Å²) in [5, 5.41) is 13.6. The first kappa shape index (κ1) is 14.0. The van der Waals surface area contributed by atoms with Crippen LogP contribution in [0.3, 0.4) is 0 Å². The fourth-order valence-corrected chi connectivity index (χ4v) is 3.66. The second-order valence-electron chi connectivity index (χ2n) is 5.76. The average molecular weight is 268 g/mol. The number of hydrogen-bond donors (Lipinski definition) is 1. The minimum Gasteiger partial charge on any atom is -0.389 e. The Balaban J connectivity index is 1.99. The molecule has 1 aromatic rings. The zero-order valence-corrected chi connectivity index (χ0v) is 12.5. The normalized spacial score (nSPS) is 21.7. The molecular weight excluding hydrogens is 244 g/mol. The highest BCUT2D eigenvalue weighted by atomic mass is 32.1. The molecule has 0 amide bonds. The molecule has 1 atom stereocenters. The predicted molar refractivity (Wildman–Crippen MR) is 75.8 cm³/mol. The minimum atomic E-state index is -0.612. The molecule has 2 rings (SSSR count). The van der Waals surface area contributed by atoms with Gasteiger partial charge in [0.1, 0.15) is 0 Å². The van der Waals surface area contributed by atoms with E-state index in [9.17, 15) is 5.11 Å². The number of hydrogen-bond acceptors (Lipinski definition) is 4. The lowest BCUT2D eigenvalue weighted by Crippen LogP contribution is -2.45. The van der Waals surface area contributed by atoms with E-state index in [-0.39, 0.29) is 6.04 Å². The van der Waals surface area contributed by atoms with Gasteiger partial charge in [-0.2, -0.15) is 0 Å². The highest BCUT2D eigenvalue weighted by molar-refractivity contribution is 7.09. The maximum atomic E-state index is 10.2. The number of likely N-dealkylation sites (tertiary alicyclic amines) is 1. The van der Waals surface area contributed by atoms with Gasteiger partial charge < -0.3 is 5.11 Å². The van der Waals surface area contributed by atoms with Crippen molar-refractivity contribution in [2.45, 2.75) is 64.6 Å². The van der Waals surface area contributed by atoms with Crippen molar-refractivity contribution < 1.29 is 5.11 Å². The van der Waals surface area contributed by atoms with Crippen molar-refractivity contribution in [1.29, 1.82) is 0 Å². The van der Waals surface area contributed by atoms with Gasteiger partial charge in [-0.25, -0.2) is 4.98 Å². The Morgan fingerprint density at radius 3 is 3.00 bits per heavy atom. The predicted octanol–water partition coefficient (Wildman–Crippen LogP) is 2.83. The summed E-state index contributed by atoms with van der Waals surface area (Å²) in [7, 11) is 0. The van der Waals surface area contributed by atoms with E-state index in [1.807, 2.05) is 13.8 Å². The molecule has 0 aromatic carbocycles. The van der Waals surface area contributed by atoms with Crippen LogP contribution in [-0.2, 0) is 13.0 Å². The molecule has 0 radical (unpaired) electrons. The van der Waals surface area contributed by atoms with Crippen LogP contribution in [0.5, 0.6) is 0 Å². The average Bonchev–Trinajstić information content (AvgIpc) is 2.88. The first-order valence-electron chi connectivity index (χ1n) is 6.90. The zero-order valence-electron chi connectivity index (χ0n) is 11.6. The zero-order chi connectivity index (χ0) is 13.2. The van der Waals surface area contributed by atoms with E-state index in [1.54, 1.807) is 11.3 Å². The van der Waals surface area contributed by atoms with Gasteiger partial charge in [-0.3, -0.25) is 4.90 Å². The third-order valence-corrected chi connectivity index (χ3v) is 4.56. The van der Waals surface area contributed by atoms with Gasteiger partial charge >= 0.3 is 0 Å². The first-order valence-corrected chi connectivity index (χ1v) is 7.78. The van der Waals surface area contributed by atoms with Crippen LogP contribution in [0.4, 0.5) is 0 Å². The second kappa shape index (κ2) is 5.68. The highest BCUT2D eigenvalue weighted by Crippen LogP contribution is 2.28. The second-order valence-corrected chi connectivity index (χ2v) is 6.71. The molecule has 1 fully saturated rings. The largest absolute Gasteiger partial charge is 0.389 e. The number of thiazole rings is 1. The van der Waals surface area contributed by atoms with E-state index >= 15 is 0 Å². The monoisotopic (exact) mass is 268 g/mol. The summed E-state index contributed by atoms with van der Waals surface area (Å²) in [5.41, 5.74) is 0.554. The lowest BCUT2D eigenvalue weighted by atomic mass is 9.96. The maximum Gasteiger partial charge on any atom is 0.0928 e. The lowest BCUT2D eigenvalue weighted by molar-refractivity contribution is -0.00532. The summed E-state index contributed by atoms with van der Waals surface area (Å²) >= 11 is 1.77. The number of aryl methyl sites for hydroxylation is 1. The summed E-state index contributed by atoms with van der Waals surface area (Å²) in [6.45, 7) is 7.98. The molecule has 4 heteroatoms. The van der Waals surface area contributed by atoms with E-state index in [0.29, 0.717) is 0 Å². The first-order chi connectivity index (χ1) is 8.50. The molecule has 1 saturated heterocycles. The number of aromatic nitrogens is 1. The standard InChI is InChI=1S/C14H24N2OS/c1-4-6-13-15-11(10-18-13)9-16-8-5-7-12(16)14(2,3)17/h10,12,17H,4-9H2,1-3H3. The Hall–Kier alpha value is -0.450. The summed E-state index contributed by atoms with van der Waals surface area (Å²) in [5.74, 6) is 0. The van der Waals surface area contributed by atoms with Crippen molar-refractivity contribution in [2.75, 3.05) is 6.54 Å². The van der Waals surface area contributed by atoms with Gasteiger partial charge in [-0.15, -0.1) is 11.3 Å². The van der Waals surface area contributed by atoms with Gasteiger partial charge in [0, 0.05) is 18.0 Å². The fourth-order valence-electron chi connectivity index (χ4n) is 2.77. The van der Waals surface area contributed by atoms with E-state index in [4.69, 9.17) is 0 Å². The molecule has 0 aliphatic carbocycles. The van der Waals surface area contributed by atoms with Crippen LogP contribution in [-0.4, -0.2) is 33.2 Å². The lowest BCUT2D eigenvalue weighted by Gasteiger charge is -2.33. The van der Waals surface area contributed by atoms with Gasteiger partial charge in [0.15, 0.2) is 0 Å². The van der Waals surface area contributed by atoms with Crippen LogP contribution in [0.1, 0.15) is 50.7 Å². The fraction of sp³-hybridized carbons (Fsp3) is 0.786. The van der Waals surface area contributed by atoms with Crippen molar-refractivity contribution in [1.82, 2.24) is 9.88 Å². The van der Waals surface area contributed by atoms with E-state index in [2.05, 4.69) is 22.2 Å². The molecule has 102 valence electrons. The van der Waals surface area contributed by atoms with Gasteiger partial charge in [0.2, 0.25) is 0 Å². The molecule has 1 aliphatic rings. The molecule has 1 N–H and O–H groups in total. The van der Waals surface area contributed by atoms with Gasteiger partial charge in [0.25, 0.3) is 0 Å². The Kier molecular flexibility index (Phi) is 4.41. The Morgan fingerprint density at radius 1 is 1.56 bits per heavy atom. The van der Waals surface area contributed by atoms with Gasteiger partial charge in [-0.05, 0) is 46.1 Å². The van der Waals surface area contributed by atoms with Crippen molar-refractivity contribution in [3.8, 4) is 0 Å². The molecule has 18 heavy (non-hydrogen) atoms. The van der Waals surface area contributed by atoms with Crippen molar-refractivity contribution in [3.05, 3.63) is 16.1 Å². The van der Waals surface area contributed by atoms with Crippen LogP contribution in [0, 0.1) is 0 Å². The summed E-state index contributed by atoms with van der Waals surface area (Å²) in [6, 6.07) is 0.272.